The van der Waals surface area contributed by atoms with Crippen molar-refractivity contribution >= 4 is 40.6 Å². The van der Waals surface area contributed by atoms with Crippen LogP contribution in [0.25, 0.3) is 0 Å². The topological polar surface area (TPSA) is 81.4 Å². The fraction of sp³-hybridized carbons (Fsp3) is 0.0800. The van der Waals surface area contributed by atoms with Gasteiger partial charge in [0.25, 0.3) is 5.91 Å². The lowest BCUT2D eigenvalue weighted by Crippen LogP contribution is -2.18. The van der Waals surface area contributed by atoms with Crippen molar-refractivity contribution in [3.63, 3.8) is 0 Å². The van der Waals surface area contributed by atoms with E-state index in [0.717, 1.165) is 0 Å². The van der Waals surface area contributed by atoms with Gasteiger partial charge in [-0.15, -0.1) is 0 Å². The summed E-state index contributed by atoms with van der Waals surface area (Å²) in [5.41, 5.74) is 1.61. The van der Waals surface area contributed by atoms with E-state index in [1.807, 2.05) is 6.07 Å². The number of aryl methyl sites for hydroxylation is 1. The fourth-order valence-corrected chi connectivity index (χ4v) is 3.46. The molecule has 0 saturated carbocycles. The van der Waals surface area contributed by atoms with Crippen LogP contribution in [0.4, 0.5) is 5.69 Å². The van der Waals surface area contributed by atoms with Gasteiger partial charge in [-0.1, -0.05) is 58.7 Å². The number of ether oxygens (including phenoxy) is 1. The molecule has 0 aliphatic heterocycles. The van der Waals surface area contributed by atoms with Crippen molar-refractivity contribution in [3.05, 3.63) is 111 Å². The zero-order chi connectivity index (χ0) is 23.4. The lowest BCUT2D eigenvalue weighted by molar-refractivity contribution is 0.101. The number of nitrogens with one attached hydrogen (secondary N) is 1. The van der Waals surface area contributed by atoms with E-state index in [2.05, 4.69) is 10.5 Å². The van der Waals surface area contributed by atoms with E-state index in [9.17, 15) is 9.59 Å². The number of aromatic nitrogens is 1. The highest BCUT2D eigenvalue weighted by Gasteiger charge is 2.23. The third-order valence-corrected chi connectivity index (χ3v) is 5.39. The Morgan fingerprint density at radius 3 is 2.39 bits per heavy atom. The lowest BCUT2D eigenvalue weighted by atomic mass is 10.0. The average molecular weight is 481 g/mol. The van der Waals surface area contributed by atoms with E-state index in [0.29, 0.717) is 38.4 Å². The number of benzene rings is 3. The molecule has 1 amide bonds. The number of amides is 1. The lowest BCUT2D eigenvalue weighted by Gasteiger charge is -2.11. The van der Waals surface area contributed by atoms with Gasteiger partial charge in [0.05, 0.1) is 11.3 Å². The summed E-state index contributed by atoms with van der Waals surface area (Å²) in [6, 6.07) is 20.3. The minimum absolute atomic E-state index is 0.0644. The SMILES string of the molecule is Cc1onc(C(=O)Nc2ccc(Cl)cc2C(=O)c2ccccc2)c1COc1ccc(Cl)cc1. The van der Waals surface area contributed by atoms with Crippen LogP contribution >= 0.6 is 23.2 Å². The van der Waals surface area contributed by atoms with Crippen molar-refractivity contribution < 1.29 is 18.8 Å². The number of nitrogens with zero attached hydrogens (tertiary/aromatic N) is 1. The summed E-state index contributed by atoms with van der Waals surface area (Å²) in [6.45, 7) is 1.76. The Hall–Kier alpha value is -3.61. The fourth-order valence-electron chi connectivity index (χ4n) is 3.17. The zero-order valence-corrected chi connectivity index (χ0v) is 19.0. The normalized spacial score (nSPS) is 10.6. The highest BCUT2D eigenvalue weighted by molar-refractivity contribution is 6.31. The van der Waals surface area contributed by atoms with Crippen LogP contribution in [0.5, 0.6) is 5.75 Å². The van der Waals surface area contributed by atoms with E-state index in [4.69, 9.17) is 32.5 Å². The predicted molar refractivity (Wildman–Crippen MR) is 126 cm³/mol. The van der Waals surface area contributed by atoms with Gasteiger partial charge in [-0.05, 0) is 49.4 Å². The summed E-state index contributed by atoms with van der Waals surface area (Å²) >= 11 is 12.0. The standard InChI is InChI=1S/C25H18Cl2N2O4/c1-15-21(14-32-19-10-7-17(26)8-11-19)23(29-33-15)25(31)28-22-12-9-18(27)13-20(22)24(30)16-5-3-2-4-6-16/h2-13H,14H2,1H3,(H,28,31). The van der Waals surface area contributed by atoms with Crippen LogP contribution in [0, 0.1) is 6.92 Å². The summed E-state index contributed by atoms with van der Waals surface area (Å²) < 4.78 is 11.0. The first kappa shape index (κ1) is 22.6. The summed E-state index contributed by atoms with van der Waals surface area (Å²) in [5.74, 6) is 0.229. The molecular formula is C25H18Cl2N2O4. The molecule has 0 radical (unpaired) electrons. The maximum atomic E-state index is 13.0. The van der Waals surface area contributed by atoms with Crippen molar-refractivity contribution in [1.82, 2.24) is 5.16 Å². The third-order valence-electron chi connectivity index (χ3n) is 4.91. The van der Waals surface area contributed by atoms with Gasteiger partial charge >= 0.3 is 0 Å². The molecule has 0 saturated heterocycles. The van der Waals surface area contributed by atoms with Gasteiger partial charge in [-0.2, -0.15) is 0 Å². The van der Waals surface area contributed by atoms with Crippen molar-refractivity contribution in [2.45, 2.75) is 13.5 Å². The maximum absolute atomic E-state index is 13.0. The second kappa shape index (κ2) is 9.90. The molecule has 4 aromatic rings. The Labute approximate surface area is 200 Å². The van der Waals surface area contributed by atoms with Gasteiger partial charge < -0.3 is 14.6 Å². The van der Waals surface area contributed by atoms with Gasteiger partial charge in [0.1, 0.15) is 18.1 Å². The molecule has 1 aromatic heterocycles. The molecule has 0 bridgehead atoms. The van der Waals surface area contributed by atoms with Crippen molar-refractivity contribution in [2.75, 3.05) is 5.32 Å². The van der Waals surface area contributed by atoms with Crippen LogP contribution in [0.15, 0.2) is 77.3 Å². The van der Waals surface area contributed by atoms with Gasteiger partial charge in [-0.3, -0.25) is 9.59 Å². The number of rotatable bonds is 7. The van der Waals surface area contributed by atoms with Gasteiger partial charge in [0.2, 0.25) is 0 Å². The maximum Gasteiger partial charge on any atom is 0.278 e. The Morgan fingerprint density at radius 2 is 1.67 bits per heavy atom. The second-order valence-corrected chi connectivity index (χ2v) is 8.02. The van der Waals surface area contributed by atoms with Gasteiger partial charge in [-0.25, -0.2) is 0 Å². The first-order valence-corrected chi connectivity index (χ1v) is 10.7. The molecule has 0 aliphatic rings. The second-order valence-electron chi connectivity index (χ2n) is 7.15. The van der Waals surface area contributed by atoms with Crippen LogP contribution in [-0.4, -0.2) is 16.8 Å². The van der Waals surface area contributed by atoms with Crippen molar-refractivity contribution in [3.8, 4) is 5.75 Å². The molecule has 33 heavy (non-hydrogen) atoms. The number of hydrogen-bond donors (Lipinski definition) is 1. The molecular weight excluding hydrogens is 463 g/mol. The largest absolute Gasteiger partial charge is 0.489 e. The number of carbonyl (C=O) groups is 2. The molecule has 0 spiro atoms. The minimum atomic E-state index is -0.536. The molecule has 0 aliphatic carbocycles. The van der Waals surface area contributed by atoms with E-state index < -0.39 is 5.91 Å². The Balaban J connectivity index is 1.57. The molecule has 0 unspecified atom stereocenters. The quantitative estimate of drug-likeness (QED) is 0.311. The Morgan fingerprint density at radius 1 is 0.970 bits per heavy atom. The van der Waals surface area contributed by atoms with Crippen LogP contribution in [-0.2, 0) is 6.61 Å². The number of carbonyl (C=O) groups excluding carboxylic acids is 2. The molecule has 3 aromatic carbocycles. The highest BCUT2D eigenvalue weighted by Crippen LogP contribution is 2.26. The highest BCUT2D eigenvalue weighted by atomic mass is 35.5. The van der Waals surface area contributed by atoms with Crippen LogP contribution in [0.3, 0.4) is 0 Å². The van der Waals surface area contributed by atoms with Crippen LogP contribution < -0.4 is 10.1 Å². The number of anilines is 1. The van der Waals surface area contributed by atoms with E-state index in [1.165, 1.54) is 6.07 Å². The summed E-state index contributed by atoms with van der Waals surface area (Å²) in [4.78, 5) is 26.1. The molecule has 0 atom stereocenters. The predicted octanol–water partition coefficient (Wildman–Crippen LogP) is 6.35. The van der Waals surface area contributed by atoms with Crippen molar-refractivity contribution in [2.24, 2.45) is 0 Å². The molecule has 166 valence electrons. The summed E-state index contributed by atoms with van der Waals surface area (Å²) in [6.07, 6.45) is 0. The molecule has 1 N–H and O–H groups in total. The minimum Gasteiger partial charge on any atom is -0.489 e. The third kappa shape index (κ3) is 5.25. The molecule has 0 fully saturated rings. The van der Waals surface area contributed by atoms with Gasteiger partial charge in [0, 0.05) is 21.2 Å². The van der Waals surface area contributed by atoms with E-state index in [1.54, 1.807) is 67.6 Å². The Kier molecular flexibility index (Phi) is 6.77. The summed E-state index contributed by atoms with van der Waals surface area (Å²) in [5, 5.41) is 7.61. The number of hydrogen-bond acceptors (Lipinski definition) is 5. The first-order valence-electron chi connectivity index (χ1n) is 9.96. The average Bonchev–Trinajstić information content (AvgIpc) is 3.20. The molecule has 1 heterocycles. The number of ketones is 1. The van der Waals surface area contributed by atoms with Gasteiger partial charge in [0.15, 0.2) is 11.5 Å². The number of halogens is 2. The van der Waals surface area contributed by atoms with Crippen molar-refractivity contribution in [1.29, 1.82) is 0 Å². The molecule has 4 rings (SSSR count). The molecule has 8 heteroatoms. The van der Waals surface area contributed by atoms with E-state index in [-0.39, 0.29) is 23.6 Å². The monoisotopic (exact) mass is 480 g/mol. The zero-order valence-electron chi connectivity index (χ0n) is 17.5. The smallest absolute Gasteiger partial charge is 0.278 e. The van der Waals surface area contributed by atoms with E-state index >= 15 is 0 Å². The Bertz CT molecular complexity index is 1300. The van der Waals surface area contributed by atoms with Crippen LogP contribution in [0.1, 0.15) is 37.7 Å². The molecule has 6 nitrogen and oxygen atoms in total. The first-order chi connectivity index (χ1) is 15.9. The van der Waals surface area contributed by atoms with Crippen LogP contribution in [0.2, 0.25) is 10.0 Å². The summed E-state index contributed by atoms with van der Waals surface area (Å²) in [7, 11) is 0.